The smallest absolute Gasteiger partial charge is 0.0595 e. The van der Waals surface area contributed by atoms with Crippen molar-refractivity contribution in [2.45, 2.75) is 50.6 Å². The van der Waals surface area contributed by atoms with E-state index in [1.54, 1.807) is 0 Å². The molecule has 1 saturated carbocycles. The van der Waals surface area contributed by atoms with Crippen LogP contribution in [0.15, 0.2) is 18.2 Å². The van der Waals surface area contributed by atoms with Crippen LogP contribution in [-0.4, -0.2) is 30.1 Å². The lowest BCUT2D eigenvalue weighted by molar-refractivity contribution is -0.00278. The van der Waals surface area contributed by atoms with Gasteiger partial charge in [0.05, 0.1) is 10.0 Å². The van der Waals surface area contributed by atoms with Crippen molar-refractivity contribution < 1.29 is 0 Å². The van der Waals surface area contributed by atoms with Gasteiger partial charge in [0.2, 0.25) is 0 Å². The number of nitrogens with one attached hydrogen (secondary N) is 1. The Hall–Kier alpha value is -0.280. The zero-order chi connectivity index (χ0) is 14.9. The summed E-state index contributed by atoms with van der Waals surface area (Å²) < 4.78 is 0. The molecule has 0 radical (unpaired) electrons. The molecule has 1 saturated heterocycles. The number of hydrogen-bond acceptors (Lipinski definition) is 2. The minimum absolute atomic E-state index is 0.335. The second kappa shape index (κ2) is 6.45. The molecule has 1 heterocycles. The van der Waals surface area contributed by atoms with Crippen LogP contribution < -0.4 is 5.32 Å². The number of hydrogen-bond donors (Lipinski definition) is 1. The summed E-state index contributed by atoms with van der Waals surface area (Å²) in [5.74, 6) is 0. The standard InChI is InChI=1S/C17H24Cl2N2/c1-13(14-5-6-15(18)16(19)11-14)21-10-9-20-12-17(21)7-3-2-4-8-17/h5-6,11,13,20H,2-4,7-10,12H2,1H3. The third kappa shape index (κ3) is 3.10. The second-order valence-corrected chi connectivity index (χ2v) is 7.32. The normalized spacial score (nSPS) is 24.1. The first kappa shape index (κ1) is 15.6. The van der Waals surface area contributed by atoms with Crippen LogP contribution in [0.4, 0.5) is 0 Å². The molecule has 1 unspecified atom stereocenters. The van der Waals surface area contributed by atoms with Gasteiger partial charge in [-0.1, -0.05) is 48.5 Å². The van der Waals surface area contributed by atoms with Gasteiger partial charge in [-0.3, -0.25) is 4.90 Å². The number of nitrogens with zero attached hydrogens (tertiary/aromatic N) is 1. The monoisotopic (exact) mass is 326 g/mol. The van der Waals surface area contributed by atoms with Gasteiger partial charge in [0.25, 0.3) is 0 Å². The molecular weight excluding hydrogens is 303 g/mol. The van der Waals surface area contributed by atoms with Crippen LogP contribution in [0.2, 0.25) is 10.0 Å². The predicted octanol–water partition coefficient (Wildman–Crippen LogP) is 4.66. The fourth-order valence-electron chi connectivity index (χ4n) is 4.09. The summed E-state index contributed by atoms with van der Waals surface area (Å²) >= 11 is 12.3. The Morgan fingerprint density at radius 1 is 1.14 bits per heavy atom. The third-order valence-corrected chi connectivity index (χ3v) is 6.01. The summed E-state index contributed by atoms with van der Waals surface area (Å²) in [5.41, 5.74) is 1.61. The number of halogens is 2. The molecule has 1 atom stereocenters. The van der Waals surface area contributed by atoms with Gasteiger partial charge in [0, 0.05) is 31.2 Å². The minimum atomic E-state index is 0.335. The molecule has 21 heavy (non-hydrogen) atoms. The molecule has 1 spiro atoms. The lowest BCUT2D eigenvalue weighted by Gasteiger charge is -2.52. The molecule has 1 aromatic rings. The van der Waals surface area contributed by atoms with Gasteiger partial charge in [-0.25, -0.2) is 0 Å². The summed E-state index contributed by atoms with van der Waals surface area (Å²) in [6.45, 7) is 5.62. The maximum absolute atomic E-state index is 6.21. The van der Waals surface area contributed by atoms with Crippen molar-refractivity contribution in [2.24, 2.45) is 0 Å². The van der Waals surface area contributed by atoms with Crippen molar-refractivity contribution in [1.29, 1.82) is 0 Å². The first-order valence-corrected chi connectivity index (χ1v) is 8.80. The lowest BCUT2D eigenvalue weighted by atomic mass is 9.78. The molecule has 2 aliphatic rings. The highest BCUT2D eigenvalue weighted by Gasteiger charge is 2.41. The predicted molar refractivity (Wildman–Crippen MR) is 90.3 cm³/mol. The van der Waals surface area contributed by atoms with E-state index in [0.717, 1.165) is 19.6 Å². The molecule has 1 N–H and O–H groups in total. The first-order chi connectivity index (χ1) is 10.1. The number of benzene rings is 1. The van der Waals surface area contributed by atoms with Gasteiger partial charge in [-0.05, 0) is 37.5 Å². The zero-order valence-corrected chi connectivity index (χ0v) is 14.2. The van der Waals surface area contributed by atoms with E-state index in [1.807, 2.05) is 12.1 Å². The van der Waals surface area contributed by atoms with Crippen LogP contribution in [0.1, 0.15) is 50.6 Å². The quantitative estimate of drug-likeness (QED) is 0.850. The molecule has 116 valence electrons. The van der Waals surface area contributed by atoms with Gasteiger partial charge >= 0.3 is 0 Å². The van der Waals surface area contributed by atoms with Gasteiger partial charge in [0.1, 0.15) is 0 Å². The SMILES string of the molecule is CC(c1ccc(Cl)c(Cl)c1)N1CCNCC12CCCCC2. The van der Waals surface area contributed by atoms with Gasteiger partial charge < -0.3 is 5.32 Å². The Morgan fingerprint density at radius 3 is 2.62 bits per heavy atom. The average Bonchev–Trinajstić information content (AvgIpc) is 2.51. The topological polar surface area (TPSA) is 15.3 Å². The zero-order valence-electron chi connectivity index (χ0n) is 12.7. The molecular formula is C17H24Cl2N2. The fourth-order valence-corrected chi connectivity index (χ4v) is 4.40. The van der Waals surface area contributed by atoms with Crippen molar-refractivity contribution in [3.63, 3.8) is 0 Å². The maximum atomic E-state index is 6.21. The molecule has 1 aliphatic heterocycles. The molecule has 0 bridgehead atoms. The van der Waals surface area contributed by atoms with Crippen LogP contribution >= 0.6 is 23.2 Å². The molecule has 2 fully saturated rings. The van der Waals surface area contributed by atoms with Crippen molar-refractivity contribution in [3.05, 3.63) is 33.8 Å². The lowest BCUT2D eigenvalue weighted by Crippen LogP contribution is -2.62. The molecule has 0 amide bonds. The molecule has 1 aliphatic carbocycles. The van der Waals surface area contributed by atoms with Gasteiger partial charge in [0.15, 0.2) is 0 Å². The second-order valence-electron chi connectivity index (χ2n) is 6.50. The fraction of sp³-hybridized carbons (Fsp3) is 0.647. The molecule has 0 aromatic heterocycles. The summed E-state index contributed by atoms with van der Waals surface area (Å²) in [6.07, 6.45) is 6.71. The van der Waals surface area contributed by atoms with Crippen LogP contribution in [-0.2, 0) is 0 Å². The van der Waals surface area contributed by atoms with Gasteiger partial charge in [-0.2, -0.15) is 0 Å². The van der Waals surface area contributed by atoms with E-state index >= 15 is 0 Å². The minimum Gasteiger partial charge on any atom is -0.314 e. The number of piperazine rings is 1. The highest BCUT2D eigenvalue weighted by atomic mass is 35.5. The Kier molecular flexibility index (Phi) is 4.80. The molecule has 2 nitrogen and oxygen atoms in total. The molecule has 4 heteroatoms. The molecule has 1 aromatic carbocycles. The van der Waals surface area contributed by atoms with E-state index in [2.05, 4.69) is 23.2 Å². The Bertz CT molecular complexity index is 489. The van der Waals surface area contributed by atoms with E-state index in [9.17, 15) is 0 Å². The van der Waals surface area contributed by atoms with E-state index in [0.29, 0.717) is 21.6 Å². The van der Waals surface area contributed by atoms with Crippen LogP contribution in [0.25, 0.3) is 0 Å². The molecule has 3 rings (SSSR count). The van der Waals surface area contributed by atoms with Crippen LogP contribution in [0.5, 0.6) is 0 Å². The van der Waals surface area contributed by atoms with Crippen molar-refractivity contribution in [3.8, 4) is 0 Å². The number of rotatable bonds is 2. The van der Waals surface area contributed by atoms with E-state index in [-0.39, 0.29) is 0 Å². The van der Waals surface area contributed by atoms with E-state index in [4.69, 9.17) is 23.2 Å². The highest BCUT2D eigenvalue weighted by Crippen LogP contribution is 2.40. The summed E-state index contributed by atoms with van der Waals surface area (Å²) in [4.78, 5) is 2.71. The Balaban J connectivity index is 1.86. The Labute approximate surface area is 137 Å². The largest absolute Gasteiger partial charge is 0.314 e. The Morgan fingerprint density at radius 2 is 1.90 bits per heavy atom. The maximum Gasteiger partial charge on any atom is 0.0595 e. The van der Waals surface area contributed by atoms with Crippen LogP contribution in [0.3, 0.4) is 0 Å². The summed E-state index contributed by atoms with van der Waals surface area (Å²) in [7, 11) is 0. The average molecular weight is 327 g/mol. The van der Waals surface area contributed by atoms with E-state index < -0.39 is 0 Å². The van der Waals surface area contributed by atoms with Crippen molar-refractivity contribution in [1.82, 2.24) is 10.2 Å². The van der Waals surface area contributed by atoms with E-state index in [1.165, 1.54) is 37.7 Å². The first-order valence-electron chi connectivity index (χ1n) is 8.05. The van der Waals surface area contributed by atoms with Crippen molar-refractivity contribution >= 4 is 23.2 Å². The summed E-state index contributed by atoms with van der Waals surface area (Å²) in [6, 6.07) is 6.47. The third-order valence-electron chi connectivity index (χ3n) is 5.27. The summed E-state index contributed by atoms with van der Waals surface area (Å²) in [5, 5.41) is 4.91. The van der Waals surface area contributed by atoms with Crippen LogP contribution in [0, 0.1) is 0 Å². The highest BCUT2D eigenvalue weighted by molar-refractivity contribution is 6.42. The van der Waals surface area contributed by atoms with Crippen molar-refractivity contribution in [2.75, 3.05) is 19.6 Å². The van der Waals surface area contributed by atoms with Gasteiger partial charge in [-0.15, -0.1) is 0 Å².